The van der Waals surface area contributed by atoms with Gasteiger partial charge in [0.05, 0.1) is 84.4 Å². The number of esters is 2. The summed E-state index contributed by atoms with van der Waals surface area (Å²) < 4.78 is 18.0. The minimum Gasteiger partial charge on any atom is -0.478 e. The number of ether oxygens (including phenoxy) is 2. The first kappa shape index (κ1) is 65.6. The van der Waals surface area contributed by atoms with Gasteiger partial charge in [-0.2, -0.15) is 20.4 Å². The van der Waals surface area contributed by atoms with Crippen LogP contribution in [0.3, 0.4) is 0 Å². The van der Waals surface area contributed by atoms with Crippen molar-refractivity contribution in [3.63, 3.8) is 0 Å². The molecule has 0 saturated carbocycles. The van der Waals surface area contributed by atoms with E-state index in [9.17, 15) is 29.4 Å². The van der Waals surface area contributed by atoms with Crippen LogP contribution < -0.4 is 21.3 Å². The van der Waals surface area contributed by atoms with Crippen LogP contribution in [0, 0.1) is 27.7 Å². The molecule has 4 saturated heterocycles. The van der Waals surface area contributed by atoms with Gasteiger partial charge in [0.15, 0.2) is 0 Å². The lowest BCUT2D eigenvalue weighted by Gasteiger charge is -2.24. The number of rotatable bonds is 16. The third-order valence-corrected chi connectivity index (χ3v) is 17.4. The Morgan fingerprint density at radius 3 is 1.02 bits per heavy atom. The zero-order valence-electron chi connectivity index (χ0n) is 52.4. The molecular formula is C66H84N16O8. The number of carboxylic acids is 2. The van der Waals surface area contributed by atoms with E-state index in [0.717, 1.165) is 171 Å². The second-order valence-electron chi connectivity index (χ2n) is 23.2. The molecule has 0 aromatic carbocycles. The molecule has 12 rings (SSSR count). The number of methoxy groups -OCH3 is 2. The summed E-state index contributed by atoms with van der Waals surface area (Å²) in [4.78, 5) is 62.7. The molecule has 0 radical (unpaired) electrons. The highest BCUT2D eigenvalue weighted by Gasteiger charge is 2.25. The van der Waals surface area contributed by atoms with Gasteiger partial charge in [-0.1, -0.05) is 0 Å². The van der Waals surface area contributed by atoms with Crippen LogP contribution in [0.15, 0.2) is 98.6 Å². The minimum atomic E-state index is -0.916. The van der Waals surface area contributed by atoms with E-state index in [1.54, 1.807) is 61.4 Å². The van der Waals surface area contributed by atoms with Crippen LogP contribution in [-0.2, 0) is 35.2 Å². The molecule has 0 aliphatic carbocycles. The van der Waals surface area contributed by atoms with Gasteiger partial charge in [0.2, 0.25) is 0 Å². The Labute approximate surface area is 524 Å². The summed E-state index contributed by atoms with van der Waals surface area (Å²) in [5.74, 6) is -2.49. The fourth-order valence-electron chi connectivity index (χ4n) is 12.1. The fourth-order valence-corrected chi connectivity index (χ4v) is 12.1. The highest BCUT2D eigenvalue weighted by atomic mass is 16.5. The predicted molar refractivity (Wildman–Crippen MR) is 337 cm³/mol. The molecule has 4 aliphatic rings. The largest absolute Gasteiger partial charge is 0.478 e. The molecule has 4 aliphatic heterocycles. The highest BCUT2D eigenvalue weighted by molar-refractivity contribution is 5.92. The van der Waals surface area contributed by atoms with Gasteiger partial charge in [-0.15, -0.1) is 0 Å². The van der Waals surface area contributed by atoms with Crippen molar-refractivity contribution in [1.82, 2.24) is 80.3 Å². The van der Waals surface area contributed by atoms with Gasteiger partial charge in [-0.25, -0.2) is 19.2 Å². The average Bonchev–Trinajstić information content (AvgIpc) is 1.89. The molecule has 0 atom stereocenters. The first-order chi connectivity index (χ1) is 43.7. The minimum absolute atomic E-state index is 0.309. The number of nitrogens with zero attached hydrogens (tertiary/aromatic N) is 12. The molecule has 24 nitrogen and oxygen atoms in total. The van der Waals surface area contributed by atoms with E-state index < -0.39 is 11.9 Å². The SMILES string of the molecule is COC(=O)c1ccncc1Cc1cn(C2CCNCC2)nc1C.COC(=O)c1ccncc1Cc1cnn(C2CCNCC2)c1C.Cc1c(Cc2cnccc2C(=O)O)cnn1C1CCNCC1.Cc1nn(C2CCNCC2)cc1Cc1cnccc1C(=O)O. The Kier molecular flexibility index (Phi) is 23.4. The van der Waals surface area contributed by atoms with Crippen LogP contribution in [0.25, 0.3) is 0 Å². The highest BCUT2D eigenvalue weighted by Crippen LogP contribution is 2.28. The molecule has 0 amide bonds. The van der Waals surface area contributed by atoms with Gasteiger partial charge >= 0.3 is 23.9 Å². The number of nitrogens with one attached hydrogen (secondary N) is 4. The molecule has 476 valence electrons. The molecule has 6 N–H and O–H groups in total. The van der Waals surface area contributed by atoms with E-state index in [4.69, 9.17) is 9.47 Å². The molecule has 24 heteroatoms. The standard InChI is InChI=1S/2C17H22N4O2.2C16H20N4O2/c1-12-13(11-20-21(12)15-3-6-18-7-4-15)9-14-10-19-8-5-16(14)17(22)23-2;1-12-14(11-21(20-12)15-3-6-18-7-4-15)9-13-10-19-8-5-16(13)17(22)23-2;1-11-12(8-13-9-18-7-4-15(13)16(21)22)10-19-20(11)14-2-5-17-6-3-14;1-11-13(8-12-9-18-7-4-15(12)16(21)22)10-20(19-11)14-2-5-17-6-3-14/h2*5,8,10-11,15,18H,3-4,6-7,9H2,1-2H3;2*4,7,9-10,14,17H,2-3,5-6,8H2,1H3,(H,21,22). The summed E-state index contributed by atoms with van der Waals surface area (Å²) in [7, 11) is 2.79. The quantitative estimate of drug-likeness (QED) is 0.0514. The smallest absolute Gasteiger partial charge is 0.338 e. The van der Waals surface area contributed by atoms with Gasteiger partial charge in [0.25, 0.3) is 0 Å². The lowest BCUT2D eigenvalue weighted by molar-refractivity contribution is 0.0590. The van der Waals surface area contributed by atoms with Crippen LogP contribution in [-0.4, -0.2) is 160 Å². The summed E-state index contributed by atoms with van der Waals surface area (Å²) in [6, 6.07) is 8.27. The number of hydrogen-bond acceptors (Lipinski definition) is 18. The van der Waals surface area contributed by atoms with Crippen LogP contribution in [0.4, 0.5) is 0 Å². The van der Waals surface area contributed by atoms with Crippen molar-refractivity contribution in [2.45, 2.75) is 129 Å². The lowest BCUT2D eigenvalue weighted by atomic mass is 10.0. The second kappa shape index (κ2) is 32.1. The van der Waals surface area contributed by atoms with Crippen molar-refractivity contribution in [1.29, 1.82) is 0 Å². The molecule has 90 heavy (non-hydrogen) atoms. The molecule has 0 bridgehead atoms. The summed E-state index contributed by atoms with van der Waals surface area (Å²) >= 11 is 0. The maximum atomic E-state index is 11.9. The number of piperidine rings is 4. The summed E-state index contributed by atoms with van der Waals surface area (Å²) in [5.41, 5.74) is 13.6. The molecule has 8 aromatic heterocycles. The topological polar surface area (TPSA) is 298 Å². The van der Waals surface area contributed by atoms with E-state index in [0.29, 0.717) is 72.1 Å². The molecule has 8 aromatic rings. The number of aryl methyl sites for hydroxylation is 2. The number of aromatic nitrogens is 12. The van der Waals surface area contributed by atoms with Gasteiger partial charge in [0.1, 0.15) is 0 Å². The van der Waals surface area contributed by atoms with Crippen molar-refractivity contribution in [3.8, 4) is 0 Å². The first-order valence-electron chi connectivity index (χ1n) is 31.0. The third kappa shape index (κ3) is 16.9. The Morgan fingerprint density at radius 1 is 0.422 bits per heavy atom. The number of aromatic carboxylic acids is 2. The summed E-state index contributed by atoms with van der Waals surface area (Å²) in [5, 5.41) is 50.4. The number of hydrogen-bond donors (Lipinski definition) is 6. The van der Waals surface area contributed by atoms with Crippen molar-refractivity contribution in [2.24, 2.45) is 0 Å². The van der Waals surface area contributed by atoms with Crippen molar-refractivity contribution in [3.05, 3.63) is 188 Å². The maximum Gasteiger partial charge on any atom is 0.338 e. The van der Waals surface area contributed by atoms with Gasteiger partial charge in [-0.05, 0) is 200 Å². The Bertz CT molecular complexity index is 3560. The number of carbonyl (C=O) groups excluding carboxylic acids is 2. The lowest BCUT2D eigenvalue weighted by Crippen LogP contribution is -2.30. The van der Waals surface area contributed by atoms with Gasteiger partial charge < -0.3 is 41.0 Å². The second-order valence-corrected chi connectivity index (χ2v) is 23.2. The predicted octanol–water partition coefficient (Wildman–Crippen LogP) is 7.38. The fraction of sp³-hybridized carbons (Fsp3) is 0.455. The van der Waals surface area contributed by atoms with E-state index in [2.05, 4.69) is 102 Å². The van der Waals surface area contributed by atoms with E-state index >= 15 is 0 Å². The van der Waals surface area contributed by atoms with Crippen LogP contribution in [0.2, 0.25) is 0 Å². The molecular weight excluding hydrogens is 1140 g/mol. The van der Waals surface area contributed by atoms with E-state index in [1.807, 2.05) is 30.9 Å². The Morgan fingerprint density at radius 2 is 0.711 bits per heavy atom. The van der Waals surface area contributed by atoms with E-state index in [1.165, 1.54) is 26.6 Å². The summed E-state index contributed by atoms with van der Waals surface area (Å²) in [6.07, 6.45) is 32.0. The van der Waals surface area contributed by atoms with Crippen LogP contribution in [0.1, 0.15) is 184 Å². The first-order valence-corrected chi connectivity index (χ1v) is 31.0. The summed E-state index contributed by atoms with van der Waals surface area (Å²) in [6.45, 7) is 16.4. The van der Waals surface area contributed by atoms with Gasteiger partial charge in [-0.3, -0.25) is 38.7 Å². The number of carbonyl (C=O) groups is 4. The monoisotopic (exact) mass is 1230 g/mol. The van der Waals surface area contributed by atoms with Crippen molar-refractivity contribution in [2.75, 3.05) is 66.6 Å². The third-order valence-electron chi connectivity index (χ3n) is 17.4. The average molecular weight is 1230 g/mol. The van der Waals surface area contributed by atoms with Crippen molar-refractivity contribution >= 4 is 23.9 Å². The zero-order chi connectivity index (χ0) is 63.5. The normalized spacial score (nSPS) is 15.7. The molecule has 0 unspecified atom stereocenters. The number of pyridine rings is 4. The molecule has 4 fully saturated rings. The van der Waals surface area contributed by atoms with Crippen LogP contribution >= 0.6 is 0 Å². The van der Waals surface area contributed by atoms with Gasteiger partial charge in [0, 0.05) is 99.0 Å². The van der Waals surface area contributed by atoms with Crippen LogP contribution in [0.5, 0.6) is 0 Å². The van der Waals surface area contributed by atoms with Crippen molar-refractivity contribution < 1.29 is 38.9 Å². The van der Waals surface area contributed by atoms with E-state index in [-0.39, 0.29) is 11.9 Å². The number of carboxylic acid groups (broad SMARTS) is 2. The Balaban J connectivity index is 0.000000142. The zero-order valence-corrected chi connectivity index (χ0v) is 52.4. The maximum absolute atomic E-state index is 11.9. The molecule has 12 heterocycles. The Hall–Kier alpha value is -8.84. The molecule has 0 spiro atoms.